The molecule has 31 heavy (non-hydrogen) atoms. The maximum atomic E-state index is 12.8. The molecule has 2 N–H and O–H groups in total. The molecule has 7 heteroatoms. The van der Waals surface area contributed by atoms with E-state index in [1.165, 1.54) is 11.8 Å². The lowest BCUT2D eigenvalue weighted by molar-refractivity contribution is -0.115. The molecule has 0 spiro atoms. The van der Waals surface area contributed by atoms with E-state index in [1.807, 2.05) is 50.2 Å². The van der Waals surface area contributed by atoms with Crippen molar-refractivity contribution in [2.75, 3.05) is 10.6 Å². The number of nitrogens with one attached hydrogen (secondary N) is 2. The van der Waals surface area contributed by atoms with Crippen LogP contribution in [0.15, 0.2) is 71.6 Å². The van der Waals surface area contributed by atoms with E-state index in [-0.39, 0.29) is 17.1 Å². The SMILES string of the molecule is CCC(Sc1cccc(NC(=O)c2ccc(C)cc2)c1)C(=O)Nc1cccc(Cl)c1Cl. The Morgan fingerprint density at radius 3 is 2.39 bits per heavy atom. The standard InChI is InChI=1S/C24H22Cl2N2O2S/c1-3-21(24(30)28-20-9-5-8-19(25)22(20)26)31-18-7-4-6-17(14-18)27-23(29)16-12-10-15(2)11-13-16/h4-14,21H,3H2,1-2H3,(H,27,29)(H,28,30). The van der Waals surface area contributed by atoms with Crippen LogP contribution in [-0.2, 0) is 4.79 Å². The van der Waals surface area contributed by atoms with Crippen molar-refractivity contribution in [2.24, 2.45) is 0 Å². The Morgan fingerprint density at radius 1 is 0.968 bits per heavy atom. The van der Waals surface area contributed by atoms with E-state index in [1.54, 1.807) is 30.3 Å². The van der Waals surface area contributed by atoms with Crippen LogP contribution in [0.1, 0.15) is 29.3 Å². The van der Waals surface area contributed by atoms with E-state index in [0.29, 0.717) is 33.4 Å². The molecule has 4 nitrogen and oxygen atoms in total. The summed E-state index contributed by atoms with van der Waals surface area (Å²) in [6.07, 6.45) is 0.620. The minimum Gasteiger partial charge on any atom is -0.324 e. The molecule has 0 aromatic heterocycles. The van der Waals surface area contributed by atoms with Crippen LogP contribution in [0.4, 0.5) is 11.4 Å². The van der Waals surface area contributed by atoms with Crippen molar-refractivity contribution >= 4 is 58.2 Å². The van der Waals surface area contributed by atoms with E-state index < -0.39 is 0 Å². The molecule has 160 valence electrons. The number of anilines is 2. The highest BCUT2D eigenvalue weighted by atomic mass is 35.5. The maximum Gasteiger partial charge on any atom is 0.255 e. The summed E-state index contributed by atoms with van der Waals surface area (Å²) in [6, 6.07) is 20.0. The fourth-order valence-electron chi connectivity index (χ4n) is 2.86. The molecule has 1 unspecified atom stereocenters. The van der Waals surface area contributed by atoms with Crippen molar-refractivity contribution in [2.45, 2.75) is 30.4 Å². The number of amides is 2. The fourth-order valence-corrected chi connectivity index (χ4v) is 4.22. The minimum absolute atomic E-state index is 0.161. The van der Waals surface area contributed by atoms with Gasteiger partial charge in [-0.3, -0.25) is 9.59 Å². The van der Waals surface area contributed by atoms with Gasteiger partial charge in [0.15, 0.2) is 0 Å². The number of carbonyl (C=O) groups excluding carboxylic acids is 2. The van der Waals surface area contributed by atoms with Gasteiger partial charge in [-0.2, -0.15) is 0 Å². The third kappa shape index (κ3) is 6.26. The highest BCUT2D eigenvalue weighted by Crippen LogP contribution is 2.32. The molecule has 3 aromatic carbocycles. The Hall–Kier alpha value is -2.47. The normalized spacial score (nSPS) is 11.6. The van der Waals surface area contributed by atoms with Crippen molar-refractivity contribution in [3.8, 4) is 0 Å². The van der Waals surface area contributed by atoms with Crippen molar-refractivity contribution in [3.63, 3.8) is 0 Å². The van der Waals surface area contributed by atoms with Gasteiger partial charge in [-0.15, -0.1) is 11.8 Å². The molecular weight excluding hydrogens is 451 g/mol. The van der Waals surface area contributed by atoms with Crippen LogP contribution in [0.25, 0.3) is 0 Å². The molecule has 0 radical (unpaired) electrons. The van der Waals surface area contributed by atoms with E-state index >= 15 is 0 Å². The first-order valence-corrected chi connectivity index (χ1v) is 11.4. The Morgan fingerprint density at radius 2 is 1.68 bits per heavy atom. The molecule has 0 fully saturated rings. The van der Waals surface area contributed by atoms with E-state index in [4.69, 9.17) is 23.2 Å². The smallest absolute Gasteiger partial charge is 0.255 e. The van der Waals surface area contributed by atoms with E-state index in [9.17, 15) is 9.59 Å². The highest BCUT2D eigenvalue weighted by Gasteiger charge is 2.20. The number of carbonyl (C=O) groups is 2. The number of hydrogen-bond acceptors (Lipinski definition) is 3. The number of hydrogen-bond donors (Lipinski definition) is 2. The number of aryl methyl sites for hydroxylation is 1. The van der Waals surface area contributed by atoms with E-state index in [2.05, 4.69) is 10.6 Å². The predicted molar refractivity (Wildman–Crippen MR) is 131 cm³/mol. The van der Waals surface area contributed by atoms with Gasteiger partial charge in [0, 0.05) is 16.1 Å². The Kier molecular flexibility index (Phi) is 8.02. The van der Waals surface area contributed by atoms with Crippen molar-refractivity contribution in [3.05, 3.63) is 87.9 Å². The molecule has 0 aliphatic heterocycles. The predicted octanol–water partition coefficient (Wildman–Crippen LogP) is 7.06. The van der Waals surface area contributed by atoms with E-state index in [0.717, 1.165) is 10.5 Å². The van der Waals surface area contributed by atoms with Gasteiger partial charge in [-0.05, 0) is 55.8 Å². The molecular formula is C24H22Cl2N2O2S. The second-order valence-corrected chi connectivity index (χ2v) is 9.01. The second kappa shape index (κ2) is 10.7. The lowest BCUT2D eigenvalue weighted by atomic mass is 10.1. The van der Waals surface area contributed by atoms with Gasteiger partial charge in [0.2, 0.25) is 5.91 Å². The van der Waals surface area contributed by atoms with Crippen LogP contribution >= 0.6 is 35.0 Å². The second-order valence-electron chi connectivity index (χ2n) is 6.95. The van der Waals surface area contributed by atoms with Crippen LogP contribution in [0.3, 0.4) is 0 Å². The fraction of sp³-hybridized carbons (Fsp3) is 0.167. The third-order valence-corrected chi connectivity index (χ3v) is 6.73. The number of benzene rings is 3. The minimum atomic E-state index is -0.335. The third-order valence-electron chi connectivity index (χ3n) is 4.56. The molecule has 0 bridgehead atoms. The summed E-state index contributed by atoms with van der Waals surface area (Å²) in [4.78, 5) is 26.1. The summed E-state index contributed by atoms with van der Waals surface area (Å²) in [5.74, 6) is -0.340. The molecule has 0 saturated heterocycles. The van der Waals surface area contributed by atoms with Gasteiger partial charge < -0.3 is 10.6 Å². The first-order chi connectivity index (χ1) is 14.9. The zero-order valence-corrected chi connectivity index (χ0v) is 19.4. The lowest BCUT2D eigenvalue weighted by Gasteiger charge is -2.16. The number of rotatable bonds is 7. The van der Waals surface area contributed by atoms with Crippen LogP contribution in [0.2, 0.25) is 10.0 Å². The Bertz CT molecular complexity index is 1090. The molecule has 1 atom stereocenters. The molecule has 3 rings (SSSR count). The number of halogens is 2. The summed E-state index contributed by atoms with van der Waals surface area (Å²) < 4.78 is 0. The molecule has 2 amide bonds. The summed E-state index contributed by atoms with van der Waals surface area (Å²) in [6.45, 7) is 3.92. The summed E-state index contributed by atoms with van der Waals surface area (Å²) in [7, 11) is 0. The largest absolute Gasteiger partial charge is 0.324 e. The van der Waals surface area contributed by atoms with Crippen LogP contribution in [0.5, 0.6) is 0 Å². The van der Waals surface area contributed by atoms with Crippen LogP contribution in [-0.4, -0.2) is 17.1 Å². The van der Waals surface area contributed by atoms with Gasteiger partial charge in [-0.1, -0.05) is 60.0 Å². The van der Waals surface area contributed by atoms with Crippen molar-refractivity contribution < 1.29 is 9.59 Å². The maximum absolute atomic E-state index is 12.8. The number of thioether (sulfide) groups is 1. The van der Waals surface area contributed by atoms with Crippen LogP contribution < -0.4 is 10.6 Å². The van der Waals surface area contributed by atoms with Gasteiger partial charge >= 0.3 is 0 Å². The highest BCUT2D eigenvalue weighted by molar-refractivity contribution is 8.00. The average Bonchev–Trinajstić information content (AvgIpc) is 2.76. The van der Waals surface area contributed by atoms with Gasteiger partial charge in [0.1, 0.15) is 0 Å². The zero-order chi connectivity index (χ0) is 22.4. The molecule has 0 heterocycles. The quantitative estimate of drug-likeness (QED) is 0.361. The topological polar surface area (TPSA) is 58.2 Å². The average molecular weight is 473 g/mol. The zero-order valence-electron chi connectivity index (χ0n) is 17.1. The molecule has 0 aliphatic carbocycles. The van der Waals surface area contributed by atoms with Crippen molar-refractivity contribution in [1.82, 2.24) is 0 Å². The van der Waals surface area contributed by atoms with Gasteiger partial charge in [0.05, 0.1) is 21.0 Å². The lowest BCUT2D eigenvalue weighted by Crippen LogP contribution is -2.24. The monoisotopic (exact) mass is 472 g/mol. The Labute approximate surface area is 196 Å². The van der Waals surface area contributed by atoms with Crippen LogP contribution in [0, 0.1) is 6.92 Å². The summed E-state index contributed by atoms with van der Waals surface area (Å²) in [5, 5.41) is 6.13. The molecule has 0 saturated carbocycles. The summed E-state index contributed by atoms with van der Waals surface area (Å²) >= 11 is 13.6. The molecule has 0 aliphatic rings. The van der Waals surface area contributed by atoms with Crippen molar-refractivity contribution in [1.29, 1.82) is 0 Å². The van der Waals surface area contributed by atoms with Gasteiger partial charge in [0.25, 0.3) is 5.91 Å². The Balaban J connectivity index is 1.68. The first kappa shape index (κ1) is 23.2. The first-order valence-electron chi connectivity index (χ1n) is 9.77. The van der Waals surface area contributed by atoms with Gasteiger partial charge in [-0.25, -0.2) is 0 Å². The summed E-state index contributed by atoms with van der Waals surface area (Å²) in [5.41, 5.74) is 2.84. The molecule has 3 aromatic rings.